The molecule has 0 amide bonds. The van der Waals surface area contributed by atoms with Gasteiger partial charge < -0.3 is 14.9 Å². The van der Waals surface area contributed by atoms with E-state index in [1.165, 1.54) is 19.4 Å². The maximum Gasteiger partial charge on any atom is 0.165 e. The zero-order valence-corrected chi connectivity index (χ0v) is 15.5. The molecule has 2 aliphatic rings. The molecule has 0 radical (unpaired) electrons. The number of ketones is 1. The second-order valence-corrected chi connectivity index (χ2v) is 7.86. The van der Waals surface area contributed by atoms with Crippen molar-refractivity contribution in [3.8, 4) is 0 Å². The second-order valence-electron chi connectivity index (χ2n) is 7.86. The smallest absolute Gasteiger partial charge is 0.165 e. The summed E-state index contributed by atoms with van der Waals surface area (Å²) < 4.78 is 4.96. The van der Waals surface area contributed by atoms with Crippen LogP contribution < -0.4 is 0 Å². The van der Waals surface area contributed by atoms with E-state index >= 15 is 0 Å². The fraction of sp³-hybridized carbons (Fsp3) is 0.750. The molecule has 0 spiro atoms. The van der Waals surface area contributed by atoms with E-state index in [0.29, 0.717) is 12.3 Å². The van der Waals surface area contributed by atoms with Crippen LogP contribution >= 0.6 is 0 Å². The van der Waals surface area contributed by atoms with Crippen LogP contribution in [0.2, 0.25) is 0 Å². The van der Waals surface area contributed by atoms with Gasteiger partial charge in [-0.3, -0.25) is 4.79 Å². The molecule has 0 aromatic carbocycles. The average molecular weight is 336 g/mol. The summed E-state index contributed by atoms with van der Waals surface area (Å²) in [5, 5.41) is 20.7. The van der Waals surface area contributed by atoms with Crippen LogP contribution in [-0.2, 0) is 9.53 Å². The summed E-state index contributed by atoms with van der Waals surface area (Å²) in [6.45, 7) is 8.45. The number of hydrogen-bond acceptors (Lipinski definition) is 4. The lowest BCUT2D eigenvalue weighted by Gasteiger charge is -2.55. The first-order chi connectivity index (χ1) is 11.3. The Balaban J connectivity index is 2.52. The van der Waals surface area contributed by atoms with Gasteiger partial charge in [0.2, 0.25) is 0 Å². The minimum Gasteiger partial charge on any atom is -0.504 e. The van der Waals surface area contributed by atoms with Crippen molar-refractivity contribution in [3.63, 3.8) is 0 Å². The van der Waals surface area contributed by atoms with Gasteiger partial charge in [0.15, 0.2) is 5.78 Å². The Hall–Kier alpha value is -1.13. The minimum absolute atomic E-state index is 0.00825. The summed E-state index contributed by atoms with van der Waals surface area (Å²) in [5.74, 6) is 0.507. The van der Waals surface area contributed by atoms with E-state index in [9.17, 15) is 15.0 Å². The Morgan fingerprint density at radius 2 is 2.08 bits per heavy atom. The fourth-order valence-electron chi connectivity index (χ4n) is 5.08. The summed E-state index contributed by atoms with van der Waals surface area (Å²) in [4.78, 5) is 13.2. The van der Waals surface area contributed by atoms with Gasteiger partial charge in [0.25, 0.3) is 0 Å². The van der Waals surface area contributed by atoms with Crippen LogP contribution in [0.1, 0.15) is 40.5 Å². The average Bonchev–Trinajstić information content (AvgIpc) is 2.56. The first kappa shape index (κ1) is 19.2. The van der Waals surface area contributed by atoms with Crippen molar-refractivity contribution in [2.45, 2.75) is 52.7 Å². The second kappa shape index (κ2) is 7.40. The summed E-state index contributed by atoms with van der Waals surface area (Å²) in [7, 11) is 1.53. The van der Waals surface area contributed by atoms with E-state index in [-0.39, 0.29) is 29.5 Å². The maximum absolute atomic E-state index is 13.2. The van der Waals surface area contributed by atoms with Crippen LogP contribution in [0.5, 0.6) is 0 Å². The molecule has 2 aliphatic carbocycles. The number of aliphatic hydroxyl groups is 2. The number of hydrogen-bond donors (Lipinski definition) is 2. The molecule has 8 atom stereocenters. The SMILES string of the molecule is CC[C@@H](C)[C@H]1C=C[C@H]2[C@H](O)[C@H](O)C[C@@H](C)[C@@H]2[C@@]1(C)C(=O)/C=C/OC. The Labute approximate surface area is 145 Å². The number of fused-ring (bicyclic) bond motifs is 1. The van der Waals surface area contributed by atoms with Crippen molar-refractivity contribution in [2.75, 3.05) is 7.11 Å². The van der Waals surface area contributed by atoms with Crippen molar-refractivity contribution in [2.24, 2.45) is 35.0 Å². The highest BCUT2D eigenvalue weighted by molar-refractivity contribution is 5.95. The molecule has 4 heteroatoms. The quantitative estimate of drug-likeness (QED) is 0.460. The van der Waals surface area contributed by atoms with Crippen molar-refractivity contribution in [1.82, 2.24) is 0 Å². The van der Waals surface area contributed by atoms with Gasteiger partial charge in [-0.05, 0) is 30.1 Å². The Morgan fingerprint density at radius 3 is 2.67 bits per heavy atom. The third-order valence-corrected chi connectivity index (χ3v) is 6.50. The highest BCUT2D eigenvalue weighted by Gasteiger charge is 2.57. The molecule has 1 saturated carbocycles. The van der Waals surface area contributed by atoms with Crippen LogP contribution in [-0.4, -0.2) is 35.3 Å². The van der Waals surface area contributed by atoms with Gasteiger partial charge in [0.1, 0.15) is 0 Å². The number of methoxy groups -OCH3 is 1. The predicted octanol–water partition coefficient (Wildman–Crippen LogP) is 2.95. The molecular weight excluding hydrogens is 304 g/mol. The summed E-state index contributed by atoms with van der Waals surface area (Å²) in [5.41, 5.74) is -0.607. The molecule has 0 aromatic heterocycles. The summed E-state index contributed by atoms with van der Waals surface area (Å²) in [6, 6.07) is 0. The Morgan fingerprint density at radius 1 is 1.42 bits per heavy atom. The Bertz CT molecular complexity index is 512. The lowest BCUT2D eigenvalue weighted by atomic mass is 9.49. The van der Waals surface area contributed by atoms with Gasteiger partial charge in [-0.25, -0.2) is 0 Å². The Kier molecular flexibility index (Phi) is 5.92. The van der Waals surface area contributed by atoms with E-state index in [1.807, 2.05) is 13.0 Å². The number of carbonyl (C=O) groups is 1. The number of ether oxygens (including phenoxy) is 1. The standard InChI is InChI=1S/C20H32O4/c1-6-12(2)15-8-7-14-18(13(3)11-16(21)19(14)23)20(15,4)17(22)9-10-24-5/h7-10,12-16,18-19,21,23H,6,11H2,1-5H3/b10-9+/t12-,13-,14-,15-,16-,18+,19+,20-/m1/s1. The van der Waals surface area contributed by atoms with Crippen LogP contribution in [0.3, 0.4) is 0 Å². The monoisotopic (exact) mass is 336 g/mol. The van der Waals surface area contributed by atoms with Gasteiger partial charge in [-0.2, -0.15) is 0 Å². The number of aliphatic hydroxyl groups excluding tert-OH is 2. The molecule has 2 N–H and O–H groups in total. The highest BCUT2D eigenvalue weighted by Crippen LogP contribution is 2.55. The van der Waals surface area contributed by atoms with Gasteiger partial charge >= 0.3 is 0 Å². The first-order valence-corrected chi connectivity index (χ1v) is 9.07. The van der Waals surface area contributed by atoms with E-state index in [0.717, 1.165) is 6.42 Å². The summed E-state index contributed by atoms with van der Waals surface area (Å²) >= 11 is 0. The van der Waals surface area contributed by atoms with E-state index in [2.05, 4.69) is 26.8 Å². The van der Waals surface area contributed by atoms with E-state index in [1.54, 1.807) is 0 Å². The van der Waals surface area contributed by atoms with Crippen molar-refractivity contribution in [3.05, 3.63) is 24.5 Å². The molecule has 24 heavy (non-hydrogen) atoms. The topological polar surface area (TPSA) is 66.8 Å². The van der Waals surface area contributed by atoms with Gasteiger partial charge in [0, 0.05) is 17.4 Å². The van der Waals surface area contributed by atoms with Crippen molar-refractivity contribution < 1.29 is 19.7 Å². The molecular formula is C20H32O4. The molecule has 0 unspecified atom stereocenters. The van der Waals surface area contributed by atoms with E-state index in [4.69, 9.17) is 4.74 Å². The largest absolute Gasteiger partial charge is 0.504 e. The van der Waals surface area contributed by atoms with E-state index < -0.39 is 17.6 Å². The molecule has 136 valence electrons. The maximum atomic E-state index is 13.2. The van der Waals surface area contributed by atoms with Gasteiger partial charge in [0.05, 0.1) is 25.6 Å². The van der Waals surface area contributed by atoms with Crippen LogP contribution in [0.15, 0.2) is 24.5 Å². The zero-order valence-electron chi connectivity index (χ0n) is 15.5. The highest BCUT2D eigenvalue weighted by atomic mass is 16.5. The number of rotatable bonds is 5. The molecule has 0 aromatic rings. The molecule has 1 fully saturated rings. The summed E-state index contributed by atoms with van der Waals surface area (Å²) in [6.07, 6.45) is 7.09. The van der Waals surface area contributed by atoms with Gasteiger partial charge in [-0.15, -0.1) is 0 Å². The normalized spacial score (nSPS) is 43.5. The molecule has 0 heterocycles. The molecule has 4 nitrogen and oxygen atoms in total. The minimum atomic E-state index is -0.807. The number of carbonyl (C=O) groups excluding carboxylic acids is 1. The lowest BCUT2D eigenvalue weighted by Crippen LogP contribution is -2.57. The third-order valence-electron chi connectivity index (χ3n) is 6.50. The first-order valence-electron chi connectivity index (χ1n) is 9.07. The predicted molar refractivity (Wildman–Crippen MR) is 94.1 cm³/mol. The molecule has 0 saturated heterocycles. The van der Waals surface area contributed by atoms with Gasteiger partial charge in [-0.1, -0.05) is 46.3 Å². The van der Waals surface area contributed by atoms with Crippen molar-refractivity contribution in [1.29, 1.82) is 0 Å². The molecule has 0 aliphatic heterocycles. The third kappa shape index (κ3) is 3.06. The van der Waals surface area contributed by atoms with Crippen LogP contribution in [0.4, 0.5) is 0 Å². The molecule has 2 rings (SSSR count). The fourth-order valence-corrected chi connectivity index (χ4v) is 5.08. The zero-order chi connectivity index (χ0) is 18.1. The van der Waals surface area contributed by atoms with Crippen molar-refractivity contribution >= 4 is 5.78 Å². The lowest BCUT2D eigenvalue weighted by molar-refractivity contribution is -0.149. The van der Waals surface area contributed by atoms with Crippen LogP contribution in [0.25, 0.3) is 0 Å². The van der Waals surface area contributed by atoms with Crippen LogP contribution in [0, 0.1) is 35.0 Å². The number of allylic oxidation sites excluding steroid dienone is 2. The molecule has 0 bridgehead atoms.